The number of likely N-dealkylation sites (tertiary alicyclic amines) is 1. The molecule has 1 saturated heterocycles. The SMILES string of the molecule is Nc1ncnn2c(CO)c(CN3CCCC(=O)C3)c(Br)c12. The van der Waals surface area contributed by atoms with E-state index in [4.69, 9.17) is 5.73 Å². The molecule has 0 aromatic carbocycles. The Balaban J connectivity index is 2.03. The summed E-state index contributed by atoms with van der Waals surface area (Å²) in [5, 5.41) is 13.8. The summed E-state index contributed by atoms with van der Waals surface area (Å²) in [6.45, 7) is 1.74. The van der Waals surface area contributed by atoms with Crippen LogP contribution in [0, 0.1) is 0 Å². The van der Waals surface area contributed by atoms with Gasteiger partial charge in [0.1, 0.15) is 17.6 Å². The molecular weight excluding hydrogens is 338 g/mol. The van der Waals surface area contributed by atoms with Crippen LogP contribution in [0.3, 0.4) is 0 Å². The van der Waals surface area contributed by atoms with Crippen molar-refractivity contribution in [2.75, 3.05) is 18.8 Å². The van der Waals surface area contributed by atoms with Crippen molar-refractivity contribution < 1.29 is 9.90 Å². The zero-order valence-electron chi connectivity index (χ0n) is 11.4. The lowest BCUT2D eigenvalue weighted by Crippen LogP contribution is -2.35. The fraction of sp³-hybridized carbons (Fsp3) is 0.462. The standard InChI is InChI=1S/C13H16BrN5O2/c14-11-9(5-18-3-1-2-8(21)4-18)10(6-20)19-12(11)13(15)16-7-17-19/h7,20H,1-6H2,(H2,15,16,17). The summed E-state index contributed by atoms with van der Waals surface area (Å²) in [6.07, 6.45) is 2.89. The smallest absolute Gasteiger partial charge is 0.152 e. The first kappa shape index (κ1) is 14.4. The highest BCUT2D eigenvalue weighted by Gasteiger charge is 2.23. The van der Waals surface area contributed by atoms with Gasteiger partial charge in [-0.25, -0.2) is 9.50 Å². The number of carbonyl (C=O) groups excluding carboxylic acids is 1. The second-order valence-electron chi connectivity index (χ2n) is 5.16. The molecule has 0 saturated carbocycles. The maximum absolute atomic E-state index is 11.6. The normalized spacial score (nSPS) is 16.8. The van der Waals surface area contributed by atoms with Crippen molar-refractivity contribution in [3.63, 3.8) is 0 Å². The number of aromatic nitrogens is 3. The number of piperidine rings is 1. The van der Waals surface area contributed by atoms with Crippen LogP contribution in [0.4, 0.5) is 5.82 Å². The predicted molar refractivity (Wildman–Crippen MR) is 80.5 cm³/mol. The molecule has 112 valence electrons. The number of fused-ring (bicyclic) bond motifs is 1. The molecule has 0 bridgehead atoms. The van der Waals surface area contributed by atoms with E-state index in [1.807, 2.05) is 0 Å². The third kappa shape index (κ3) is 2.54. The zero-order chi connectivity index (χ0) is 15.0. The van der Waals surface area contributed by atoms with Gasteiger partial charge in [0.25, 0.3) is 0 Å². The van der Waals surface area contributed by atoms with E-state index in [0.717, 1.165) is 23.0 Å². The fourth-order valence-corrected chi connectivity index (χ4v) is 3.49. The van der Waals surface area contributed by atoms with Crippen LogP contribution in [0.15, 0.2) is 10.8 Å². The van der Waals surface area contributed by atoms with Gasteiger partial charge in [-0.2, -0.15) is 5.10 Å². The summed E-state index contributed by atoms with van der Waals surface area (Å²) in [5.41, 5.74) is 8.12. The Morgan fingerprint density at radius 1 is 1.48 bits per heavy atom. The number of Topliss-reactive ketones (excluding diaryl/α,β-unsaturated/α-hetero) is 1. The molecule has 0 amide bonds. The molecule has 1 aliphatic rings. The van der Waals surface area contributed by atoms with Crippen molar-refractivity contribution >= 4 is 33.0 Å². The lowest BCUT2D eigenvalue weighted by Gasteiger charge is -2.25. The third-order valence-electron chi connectivity index (χ3n) is 3.76. The number of aliphatic hydroxyl groups excluding tert-OH is 1. The van der Waals surface area contributed by atoms with E-state index in [1.165, 1.54) is 6.33 Å². The van der Waals surface area contributed by atoms with E-state index in [2.05, 4.69) is 30.9 Å². The molecule has 3 N–H and O–H groups in total. The van der Waals surface area contributed by atoms with Crippen LogP contribution in [0.25, 0.3) is 5.52 Å². The monoisotopic (exact) mass is 353 g/mol. The van der Waals surface area contributed by atoms with E-state index in [0.29, 0.717) is 36.5 Å². The van der Waals surface area contributed by atoms with Gasteiger partial charge in [0, 0.05) is 18.5 Å². The van der Waals surface area contributed by atoms with Crippen molar-refractivity contribution in [1.29, 1.82) is 0 Å². The molecule has 7 nitrogen and oxygen atoms in total. The number of rotatable bonds is 3. The highest BCUT2D eigenvalue weighted by atomic mass is 79.9. The molecule has 0 aliphatic carbocycles. The molecular formula is C13H16BrN5O2. The van der Waals surface area contributed by atoms with Crippen molar-refractivity contribution in [3.05, 3.63) is 22.1 Å². The number of nitrogen functional groups attached to an aromatic ring is 1. The number of hydrogen-bond acceptors (Lipinski definition) is 6. The summed E-state index contributed by atoms with van der Waals surface area (Å²) in [4.78, 5) is 17.6. The van der Waals surface area contributed by atoms with Gasteiger partial charge in [-0.15, -0.1) is 0 Å². The van der Waals surface area contributed by atoms with Gasteiger partial charge < -0.3 is 10.8 Å². The van der Waals surface area contributed by atoms with Crippen molar-refractivity contribution in [2.24, 2.45) is 0 Å². The van der Waals surface area contributed by atoms with E-state index < -0.39 is 0 Å². The highest BCUT2D eigenvalue weighted by Crippen LogP contribution is 2.32. The lowest BCUT2D eigenvalue weighted by atomic mass is 10.1. The maximum atomic E-state index is 11.6. The second-order valence-corrected chi connectivity index (χ2v) is 5.95. The Hall–Kier alpha value is -1.51. The number of halogens is 1. The lowest BCUT2D eigenvalue weighted by molar-refractivity contribution is -0.122. The van der Waals surface area contributed by atoms with Crippen LogP contribution in [0.1, 0.15) is 24.1 Å². The topological polar surface area (TPSA) is 96.8 Å². The third-order valence-corrected chi connectivity index (χ3v) is 4.61. The van der Waals surface area contributed by atoms with Crippen molar-refractivity contribution in [3.8, 4) is 0 Å². The molecule has 0 atom stereocenters. The van der Waals surface area contributed by atoms with Gasteiger partial charge in [-0.05, 0) is 28.9 Å². The summed E-state index contributed by atoms with van der Waals surface area (Å²) >= 11 is 3.53. The minimum atomic E-state index is -0.152. The predicted octanol–water partition coefficient (Wildman–Crippen LogP) is 0.731. The molecule has 2 aromatic rings. The number of ketones is 1. The number of nitrogens with zero attached hydrogens (tertiary/aromatic N) is 4. The van der Waals surface area contributed by atoms with Gasteiger partial charge in [-0.3, -0.25) is 9.69 Å². The minimum absolute atomic E-state index is 0.152. The van der Waals surface area contributed by atoms with Crippen LogP contribution in [0.5, 0.6) is 0 Å². The van der Waals surface area contributed by atoms with E-state index in [1.54, 1.807) is 4.52 Å². The molecule has 8 heteroatoms. The molecule has 1 aliphatic heterocycles. The molecule has 3 rings (SSSR count). The summed E-state index contributed by atoms with van der Waals surface area (Å²) in [7, 11) is 0. The van der Waals surface area contributed by atoms with Crippen LogP contribution < -0.4 is 5.73 Å². The largest absolute Gasteiger partial charge is 0.390 e. The first-order valence-corrected chi connectivity index (χ1v) is 7.54. The second kappa shape index (κ2) is 5.70. The highest BCUT2D eigenvalue weighted by molar-refractivity contribution is 9.10. The first-order valence-electron chi connectivity index (χ1n) is 6.75. The van der Waals surface area contributed by atoms with E-state index >= 15 is 0 Å². The summed E-state index contributed by atoms with van der Waals surface area (Å²) in [6, 6.07) is 0. The number of nitrogens with two attached hydrogens (primary N) is 1. The molecule has 0 spiro atoms. The Labute approximate surface area is 129 Å². The summed E-state index contributed by atoms with van der Waals surface area (Å²) < 4.78 is 2.38. The van der Waals surface area contributed by atoms with Gasteiger partial charge in [0.2, 0.25) is 0 Å². The average Bonchev–Trinajstić information content (AvgIpc) is 2.73. The molecule has 2 aromatic heterocycles. The molecule has 21 heavy (non-hydrogen) atoms. The van der Waals surface area contributed by atoms with Gasteiger partial charge in [-0.1, -0.05) is 0 Å². The van der Waals surface area contributed by atoms with Crippen LogP contribution in [0.2, 0.25) is 0 Å². The van der Waals surface area contributed by atoms with Gasteiger partial charge >= 0.3 is 0 Å². The van der Waals surface area contributed by atoms with Crippen LogP contribution in [-0.2, 0) is 17.9 Å². The average molecular weight is 354 g/mol. The molecule has 0 unspecified atom stereocenters. The van der Waals surface area contributed by atoms with Crippen molar-refractivity contribution in [1.82, 2.24) is 19.5 Å². The van der Waals surface area contributed by atoms with Gasteiger partial charge in [0.05, 0.1) is 23.3 Å². The number of aliphatic hydroxyl groups is 1. The molecule has 1 fully saturated rings. The molecule has 3 heterocycles. The Kier molecular flexibility index (Phi) is 3.92. The minimum Gasteiger partial charge on any atom is -0.390 e. The number of hydrogen-bond donors (Lipinski definition) is 2. The quantitative estimate of drug-likeness (QED) is 0.844. The van der Waals surface area contributed by atoms with Crippen LogP contribution in [-0.4, -0.2) is 43.5 Å². The Bertz CT molecular complexity index is 699. The van der Waals surface area contributed by atoms with Crippen LogP contribution >= 0.6 is 15.9 Å². The number of carbonyl (C=O) groups is 1. The molecule has 0 radical (unpaired) electrons. The van der Waals surface area contributed by atoms with Gasteiger partial charge in [0.15, 0.2) is 5.82 Å². The van der Waals surface area contributed by atoms with E-state index in [-0.39, 0.29) is 12.4 Å². The number of anilines is 1. The zero-order valence-corrected chi connectivity index (χ0v) is 13.0. The Morgan fingerprint density at radius 3 is 3.00 bits per heavy atom. The first-order chi connectivity index (χ1) is 10.1. The maximum Gasteiger partial charge on any atom is 0.152 e. The summed E-state index contributed by atoms with van der Waals surface area (Å²) in [5.74, 6) is 0.610. The van der Waals surface area contributed by atoms with E-state index in [9.17, 15) is 9.90 Å². The van der Waals surface area contributed by atoms with Crippen molar-refractivity contribution in [2.45, 2.75) is 26.0 Å². The fourth-order valence-electron chi connectivity index (χ4n) is 2.76. The Morgan fingerprint density at radius 2 is 2.29 bits per heavy atom.